The van der Waals surface area contributed by atoms with Crippen molar-refractivity contribution in [2.75, 3.05) is 5.73 Å². The van der Waals surface area contributed by atoms with Crippen LogP contribution in [0.25, 0.3) is 10.8 Å². The van der Waals surface area contributed by atoms with Gasteiger partial charge in [0.25, 0.3) is 0 Å². The minimum Gasteiger partial charge on any atom is -0.455 e. The molecule has 0 saturated carbocycles. The van der Waals surface area contributed by atoms with Gasteiger partial charge in [-0.1, -0.05) is 47.5 Å². The molecule has 0 radical (unpaired) electrons. The van der Waals surface area contributed by atoms with Crippen molar-refractivity contribution in [1.29, 1.82) is 0 Å². The molecule has 0 unspecified atom stereocenters. The average Bonchev–Trinajstić information content (AvgIpc) is 2.45. The third-order valence-electron chi connectivity index (χ3n) is 3.02. The fraction of sp³-hybridized carbons (Fsp3) is 0. The lowest BCUT2D eigenvalue weighted by molar-refractivity contribution is 0.491. The first-order chi connectivity index (χ1) is 9.65. The molecule has 3 aromatic carbocycles. The van der Waals surface area contributed by atoms with Gasteiger partial charge in [0.1, 0.15) is 11.5 Å². The van der Waals surface area contributed by atoms with Gasteiger partial charge in [0.2, 0.25) is 0 Å². The van der Waals surface area contributed by atoms with Crippen molar-refractivity contribution in [1.82, 2.24) is 0 Å². The van der Waals surface area contributed by atoms with Crippen LogP contribution in [0.1, 0.15) is 0 Å². The first-order valence-corrected chi connectivity index (χ1v) is 6.81. The van der Waals surface area contributed by atoms with Gasteiger partial charge in [-0.05, 0) is 30.3 Å². The summed E-state index contributed by atoms with van der Waals surface area (Å²) in [5.41, 5.74) is 6.40. The standard InChI is InChI=1S/C16H11Cl2NO/c17-10-5-7-16(14(19)9-10)20-15-8-6-13(18)11-3-1-2-4-12(11)15/h1-9H,19H2. The van der Waals surface area contributed by atoms with Crippen LogP contribution in [0.4, 0.5) is 5.69 Å². The summed E-state index contributed by atoms with van der Waals surface area (Å²) in [5.74, 6) is 1.28. The molecule has 0 amide bonds. The molecule has 0 spiro atoms. The molecular formula is C16H11Cl2NO. The van der Waals surface area contributed by atoms with Gasteiger partial charge in [0, 0.05) is 20.8 Å². The Bertz CT molecular complexity index is 787. The number of hydrogen-bond donors (Lipinski definition) is 1. The summed E-state index contributed by atoms with van der Waals surface area (Å²) < 4.78 is 5.89. The molecule has 100 valence electrons. The van der Waals surface area contributed by atoms with Crippen LogP contribution in [-0.2, 0) is 0 Å². The Labute approximate surface area is 126 Å². The second-order valence-corrected chi connectivity index (χ2v) is 5.22. The second kappa shape index (κ2) is 5.23. The Balaban J connectivity index is 2.09. The predicted octanol–water partition coefficient (Wildman–Crippen LogP) is 5.52. The van der Waals surface area contributed by atoms with Gasteiger partial charge in [-0.25, -0.2) is 0 Å². The fourth-order valence-corrected chi connectivity index (χ4v) is 2.46. The number of halogens is 2. The molecular weight excluding hydrogens is 293 g/mol. The van der Waals surface area contributed by atoms with Crippen molar-refractivity contribution in [2.24, 2.45) is 0 Å². The molecule has 20 heavy (non-hydrogen) atoms. The van der Waals surface area contributed by atoms with E-state index in [4.69, 9.17) is 33.7 Å². The highest BCUT2D eigenvalue weighted by Crippen LogP contribution is 2.36. The average molecular weight is 304 g/mol. The van der Waals surface area contributed by atoms with Crippen LogP contribution in [-0.4, -0.2) is 0 Å². The summed E-state index contributed by atoms with van der Waals surface area (Å²) in [6.07, 6.45) is 0. The van der Waals surface area contributed by atoms with Crippen LogP contribution >= 0.6 is 23.2 Å². The number of nitrogen functional groups attached to an aromatic ring is 1. The number of anilines is 1. The van der Waals surface area contributed by atoms with Crippen LogP contribution in [0.2, 0.25) is 10.0 Å². The van der Waals surface area contributed by atoms with E-state index >= 15 is 0 Å². The largest absolute Gasteiger partial charge is 0.455 e. The molecule has 0 aliphatic carbocycles. The van der Waals surface area contributed by atoms with Crippen molar-refractivity contribution >= 4 is 39.7 Å². The first-order valence-electron chi connectivity index (χ1n) is 6.05. The zero-order chi connectivity index (χ0) is 14.1. The number of ether oxygens (including phenoxy) is 1. The van der Waals surface area contributed by atoms with E-state index in [1.54, 1.807) is 18.2 Å². The molecule has 0 saturated heterocycles. The Morgan fingerprint density at radius 3 is 2.25 bits per heavy atom. The smallest absolute Gasteiger partial charge is 0.150 e. The van der Waals surface area contributed by atoms with Gasteiger partial charge < -0.3 is 10.5 Å². The number of rotatable bonds is 2. The van der Waals surface area contributed by atoms with Crippen LogP contribution in [0.3, 0.4) is 0 Å². The summed E-state index contributed by atoms with van der Waals surface area (Å²) in [6, 6.07) is 16.6. The van der Waals surface area contributed by atoms with Gasteiger partial charge in [0.05, 0.1) is 5.69 Å². The fourth-order valence-electron chi connectivity index (χ4n) is 2.05. The minimum absolute atomic E-state index is 0.497. The summed E-state index contributed by atoms with van der Waals surface area (Å²) in [5, 5.41) is 3.15. The van der Waals surface area contributed by atoms with Crippen molar-refractivity contribution in [3.63, 3.8) is 0 Å². The SMILES string of the molecule is Nc1cc(Cl)ccc1Oc1ccc(Cl)c2ccccc12. The van der Waals surface area contributed by atoms with Crippen LogP contribution in [0.5, 0.6) is 11.5 Å². The van der Waals surface area contributed by atoms with E-state index in [0.717, 1.165) is 10.8 Å². The summed E-state index contributed by atoms with van der Waals surface area (Å²) in [6.45, 7) is 0. The molecule has 0 heterocycles. The highest BCUT2D eigenvalue weighted by atomic mass is 35.5. The van der Waals surface area contributed by atoms with Crippen molar-refractivity contribution in [3.8, 4) is 11.5 Å². The van der Waals surface area contributed by atoms with E-state index < -0.39 is 0 Å². The van der Waals surface area contributed by atoms with Crippen molar-refractivity contribution in [3.05, 3.63) is 64.6 Å². The van der Waals surface area contributed by atoms with Gasteiger partial charge in [-0.15, -0.1) is 0 Å². The summed E-state index contributed by atoms with van der Waals surface area (Å²) in [7, 11) is 0. The highest BCUT2D eigenvalue weighted by molar-refractivity contribution is 6.35. The molecule has 0 fully saturated rings. The van der Waals surface area contributed by atoms with E-state index in [9.17, 15) is 0 Å². The number of fused-ring (bicyclic) bond motifs is 1. The number of hydrogen-bond acceptors (Lipinski definition) is 2. The van der Waals surface area contributed by atoms with Crippen molar-refractivity contribution < 1.29 is 4.74 Å². The van der Waals surface area contributed by atoms with E-state index in [0.29, 0.717) is 27.2 Å². The van der Waals surface area contributed by atoms with Crippen LogP contribution in [0, 0.1) is 0 Å². The van der Waals surface area contributed by atoms with E-state index in [2.05, 4.69) is 0 Å². The molecule has 0 aromatic heterocycles. The lowest BCUT2D eigenvalue weighted by atomic mass is 10.1. The second-order valence-electron chi connectivity index (χ2n) is 4.38. The van der Waals surface area contributed by atoms with Gasteiger partial charge >= 0.3 is 0 Å². The lowest BCUT2D eigenvalue weighted by Crippen LogP contribution is -1.92. The third kappa shape index (κ3) is 2.40. The number of nitrogens with two attached hydrogens (primary N) is 1. The zero-order valence-electron chi connectivity index (χ0n) is 10.4. The molecule has 2 N–H and O–H groups in total. The Morgan fingerprint density at radius 2 is 1.50 bits per heavy atom. The number of benzene rings is 3. The van der Waals surface area contributed by atoms with Gasteiger partial charge in [-0.2, -0.15) is 0 Å². The maximum atomic E-state index is 6.19. The molecule has 4 heteroatoms. The zero-order valence-corrected chi connectivity index (χ0v) is 11.9. The first kappa shape index (κ1) is 13.1. The van der Waals surface area contributed by atoms with Crippen LogP contribution < -0.4 is 10.5 Å². The maximum Gasteiger partial charge on any atom is 0.150 e. The van der Waals surface area contributed by atoms with E-state index in [-0.39, 0.29) is 0 Å². The van der Waals surface area contributed by atoms with E-state index in [1.165, 1.54) is 0 Å². The summed E-state index contributed by atoms with van der Waals surface area (Å²) in [4.78, 5) is 0. The topological polar surface area (TPSA) is 35.2 Å². The molecule has 0 aliphatic heterocycles. The normalized spacial score (nSPS) is 10.7. The predicted molar refractivity (Wildman–Crippen MR) is 84.9 cm³/mol. The molecule has 3 rings (SSSR count). The summed E-state index contributed by atoms with van der Waals surface area (Å²) >= 11 is 12.1. The third-order valence-corrected chi connectivity index (χ3v) is 3.59. The van der Waals surface area contributed by atoms with Gasteiger partial charge in [0.15, 0.2) is 0 Å². The van der Waals surface area contributed by atoms with Crippen LogP contribution in [0.15, 0.2) is 54.6 Å². The lowest BCUT2D eigenvalue weighted by Gasteiger charge is -2.11. The highest BCUT2D eigenvalue weighted by Gasteiger charge is 2.08. The molecule has 0 atom stereocenters. The molecule has 0 bridgehead atoms. The molecule has 2 nitrogen and oxygen atoms in total. The maximum absolute atomic E-state index is 6.19. The molecule has 0 aliphatic rings. The molecule has 3 aromatic rings. The Kier molecular flexibility index (Phi) is 3.43. The monoisotopic (exact) mass is 303 g/mol. The quantitative estimate of drug-likeness (QED) is 0.632. The Morgan fingerprint density at radius 1 is 0.800 bits per heavy atom. The van der Waals surface area contributed by atoms with Gasteiger partial charge in [-0.3, -0.25) is 0 Å². The minimum atomic E-state index is 0.497. The Hall–Kier alpha value is -1.90. The van der Waals surface area contributed by atoms with E-state index in [1.807, 2.05) is 36.4 Å². The van der Waals surface area contributed by atoms with Crippen molar-refractivity contribution in [2.45, 2.75) is 0 Å².